The molecule has 0 spiro atoms. The molecule has 0 aliphatic carbocycles. The van der Waals surface area contributed by atoms with Crippen LogP contribution in [0.1, 0.15) is 151 Å². The van der Waals surface area contributed by atoms with Crippen LogP contribution in [0.5, 0.6) is 11.1 Å². The van der Waals surface area contributed by atoms with Gasteiger partial charge < -0.3 is 33.2 Å². The largest absolute Gasteiger partial charge is 0.481 e. The van der Waals surface area contributed by atoms with Gasteiger partial charge in [0.2, 0.25) is 5.88 Å². The lowest BCUT2D eigenvalue weighted by atomic mass is 10.1. The molecule has 736 valence electrons. The normalized spacial score (nSPS) is 11.8. The fraction of sp³-hybridized carbons (Fsp3) is 0.204. The van der Waals surface area contributed by atoms with Gasteiger partial charge in [-0.05, 0) is 176 Å². The molecule has 5 aliphatic rings. The summed E-state index contributed by atoms with van der Waals surface area (Å²) in [4.78, 5) is 37.5. The summed E-state index contributed by atoms with van der Waals surface area (Å²) in [6.07, 6.45) is 20.5. The van der Waals surface area contributed by atoms with Gasteiger partial charge in [-0.1, -0.05) is 95.8 Å². The molecule has 0 fully saturated rings. The number of fused-ring (bicyclic) bond motifs is 25. The number of pyridine rings is 1. The summed E-state index contributed by atoms with van der Waals surface area (Å²) in [7, 11) is 15.1. The van der Waals surface area contributed by atoms with Gasteiger partial charge in [0.25, 0.3) is 5.19 Å². The van der Waals surface area contributed by atoms with E-state index < -0.39 is 0 Å². The Labute approximate surface area is 872 Å². The number of rotatable bonds is 12. The second-order valence-corrected chi connectivity index (χ2v) is 37.6. The zero-order valence-electron chi connectivity index (χ0n) is 80.8. The van der Waals surface area contributed by atoms with Gasteiger partial charge in [-0.3, -0.25) is 32.2 Å². The lowest BCUT2D eigenvalue weighted by Gasteiger charge is -2.10. The Morgan fingerprint density at radius 2 is 0.716 bits per heavy atom. The van der Waals surface area contributed by atoms with E-state index in [0.717, 1.165) is 174 Å². The number of hydrogen-bond donors (Lipinski definition) is 0. The van der Waals surface area contributed by atoms with Crippen LogP contribution in [0.3, 0.4) is 0 Å². The third kappa shape index (κ3) is 19.5. The highest BCUT2D eigenvalue weighted by molar-refractivity contribution is 7.14. The number of imidazole rings is 5. The number of hydrogen-bond acceptors (Lipinski definition) is 29. The lowest BCUT2D eigenvalue weighted by molar-refractivity contribution is 0.180. The highest BCUT2D eigenvalue weighted by atomic mass is 35.5. The van der Waals surface area contributed by atoms with E-state index in [2.05, 4.69) is 191 Å². The first kappa shape index (κ1) is 97.1. The van der Waals surface area contributed by atoms with Crippen LogP contribution >= 0.6 is 69.1 Å². The summed E-state index contributed by atoms with van der Waals surface area (Å²) in [6, 6.07) is 36.4. The second-order valence-electron chi connectivity index (χ2n) is 33.6. The standard InChI is InChI=1S/C23H20N6O2.2C20H16ClN7O.C20H15ClN6O2S.C20H15ClN6OS/c1-15-4-8-19-22(10-15)29-21(18(13-30-2)26-27-29)11-20-17(25-14-28(19)20)7-5-16-6-9-23(31-3)24-12-16;1-26-8-7-14(24-26)4-5-15-18-10-19-16(11-29-2)23-25-28(19)20-9-13(21)3-6-17(20)27(18)12-22-15;1-26-14(7-8-23-26)4-5-15-18-10-19-16(11-29-2)24-25-28(19)20-9-13(21)3-6-17(20)27(18)12-22-15;1-28-10-15-18-8-17-14(5-4-13-9-22-20(29-2)30-13)23-11-26(17)16-6-3-12(21)7-19(16)27(18)25-24-15;1-12-9-22-20(29-12)6-4-14-17-8-18-15(10-28-2)24-25-27(18)19-7-13(21)3-5-16(19)26(17)11-23-14/h4,6,8-10,12,14H,11,13H2,1-3H3;2*3,6-9,12H,10-11H2,1-2H3;3,6-7,9,11H,8,10H2,1-2H3;3,5,7,9,11H,8,10H2,1-2H3. The van der Waals surface area contributed by atoms with Gasteiger partial charge in [-0.25, -0.2) is 63.3 Å². The van der Waals surface area contributed by atoms with E-state index in [-0.39, 0.29) is 0 Å². The van der Waals surface area contributed by atoms with Gasteiger partial charge in [-0.2, -0.15) is 10.2 Å². The maximum atomic E-state index is 6.28. The average molecular weight is 2090 g/mol. The van der Waals surface area contributed by atoms with Crippen molar-refractivity contribution in [2.45, 2.75) is 79.0 Å². The molecule has 5 aliphatic heterocycles. The van der Waals surface area contributed by atoms with Gasteiger partial charge >= 0.3 is 0 Å². The maximum Gasteiger partial charge on any atom is 0.274 e. The zero-order valence-corrected chi connectivity index (χ0v) is 85.5. The topological polar surface area (TPSA) is 382 Å². The number of ether oxygens (including phenoxy) is 7. The van der Waals surface area contributed by atoms with Crippen LogP contribution in [0, 0.1) is 73.1 Å². The Morgan fingerprint density at radius 1 is 0.338 bits per heavy atom. The average Bonchev–Trinajstić information content (AvgIpc) is 1.62. The van der Waals surface area contributed by atoms with Crippen molar-refractivity contribution in [1.29, 1.82) is 0 Å². The summed E-state index contributed by atoms with van der Waals surface area (Å²) >= 11 is 28.1. The number of nitrogens with zero attached hydrogens (tertiary/aromatic N) is 32. The quantitative estimate of drug-likeness (QED) is 0.103. The molecule has 0 radical (unpaired) electrons. The Balaban J connectivity index is 0.000000108. The Hall–Kier alpha value is -17.0. The molecule has 0 bridgehead atoms. The van der Waals surface area contributed by atoms with Crippen LogP contribution in [0.15, 0.2) is 178 Å². The smallest absolute Gasteiger partial charge is 0.274 e. The second kappa shape index (κ2) is 42.4. The molecule has 0 saturated carbocycles. The molecule has 20 heterocycles. The van der Waals surface area contributed by atoms with E-state index in [0.29, 0.717) is 130 Å². The highest BCUT2D eigenvalue weighted by Crippen LogP contribution is 2.40. The van der Waals surface area contributed by atoms with Crippen molar-refractivity contribution in [2.24, 2.45) is 14.1 Å². The van der Waals surface area contributed by atoms with Crippen molar-refractivity contribution in [3.8, 4) is 127 Å². The molecule has 0 saturated heterocycles. The van der Waals surface area contributed by atoms with Crippen LogP contribution < -0.4 is 9.47 Å². The number of benzene rings is 5. The number of halogens is 4. The van der Waals surface area contributed by atoms with E-state index in [1.165, 1.54) is 11.3 Å². The van der Waals surface area contributed by atoms with E-state index in [1.807, 2.05) is 172 Å². The SMILES string of the molecule is COCc1nnn2c1Cc1c(C#Cc3ccc(OC)nc3)ncn1-c1ccc(C)cc1-2.COCc1nnn2c1Cc1c(C#Cc3ccn(C)n3)ncn1-c1ccc(Cl)cc1-2.COCc1nnn2c1Cc1c(C#Cc3ccnn3C)ncn1-c1ccc(Cl)cc1-2.COCc1nnn2c1Cc1c(C#Cc3cnc(OC)s3)ncn1-c1ccc(Cl)cc1-2.COCc1nnn2c1Cc1c(C#Cc3ncc(C)s3)ncn1-c1ccc(Cl)cc1-2. The van der Waals surface area contributed by atoms with Gasteiger partial charge in [0.05, 0.1) is 173 Å². The molecular weight excluding hydrogens is 2000 g/mol. The summed E-state index contributed by atoms with van der Waals surface area (Å²) in [5.74, 6) is 32.1. The minimum Gasteiger partial charge on any atom is -0.481 e. The molecule has 0 unspecified atom stereocenters. The first-order valence-electron chi connectivity index (χ1n) is 45.5. The number of methoxy groups -OCH3 is 7. The first-order chi connectivity index (χ1) is 72.3. The Kier molecular flexibility index (Phi) is 27.8. The molecule has 0 N–H and O–H groups in total. The molecule has 0 atom stereocenters. The van der Waals surface area contributed by atoms with Crippen molar-refractivity contribution >= 4 is 69.1 Å². The van der Waals surface area contributed by atoms with Gasteiger partial charge in [-0.15, -0.1) is 36.8 Å². The minimum atomic E-state index is 0.362. The predicted molar refractivity (Wildman–Crippen MR) is 547 cm³/mol. The van der Waals surface area contributed by atoms with Crippen molar-refractivity contribution in [2.75, 3.05) is 49.8 Å². The lowest BCUT2D eigenvalue weighted by Crippen LogP contribution is -2.04. The summed E-state index contributed by atoms with van der Waals surface area (Å²) in [6.45, 7) is 5.94. The van der Waals surface area contributed by atoms with E-state index in [4.69, 9.17) is 79.6 Å². The molecule has 39 nitrogen and oxygen atoms in total. The van der Waals surface area contributed by atoms with Crippen molar-refractivity contribution in [1.82, 2.24) is 157 Å². The zero-order chi connectivity index (χ0) is 102. The number of thiazole rings is 2. The van der Waals surface area contributed by atoms with Gasteiger partial charge in [0.15, 0.2) is 5.01 Å². The third-order valence-electron chi connectivity index (χ3n) is 24.2. The molecule has 20 aromatic rings. The predicted octanol–water partition coefficient (Wildman–Crippen LogP) is 13.5. The minimum absolute atomic E-state index is 0.362. The molecule has 148 heavy (non-hydrogen) atoms. The van der Waals surface area contributed by atoms with E-state index in [1.54, 1.807) is 120 Å². The maximum absolute atomic E-state index is 6.28. The summed E-state index contributed by atoms with van der Waals surface area (Å²) < 4.78 is 59.7. The molecule has 0 amide bonds. The summed E-state index contributed by atoms with van der Waals surface area (Å²) in [5.41, 5.74) is 29.3. The van der Waals surface area contributed by atoms with Gasteiger partial charge in [0, 0.05) is 137 Å². The number of aromatic nitrogens is 32. The number of aryl methyl sites for hydroxylation is 4. The Bertz CT molecular complexity index is 8660. The summed E-state index contributed by atoms with van der Waals surface area (Å²) in [5, 5.41) is 55.7. The highest BCUT2D eigenvalue weighted by Gasteiger charge is 2.34. The fourth-order valence-electron chi connectivity index (χ4n) is 17.3. The molecule has 45 heteroatoms. The molecule has 25 rings (SSSR count). The van der Waals surface area contributed by atoms with Crippen LogP contribution in [0.4, 0.5) is 0 Å². The van der Waals surface area contributed by atoms with Crippen molar-refractivity contribution in [3.05, 3.63) is 349 Å². The van der Waals surface area contributed by atoms with Crippen LogP contribution in [0.25, 0.3) is 56.9 Å². The third-order valence-corrected chi connectivity index (χ3v) is 26.9. The van der Waals surface area contributed by atoms with E-state index >= 15 is 0 Å². The monoisotopic (exact) mass is 2080 g/mol. The van der Waals surface area contributed by atoms with Crippen molar-refractivity contribution < 1.29 is 33.2 Å². The first-order valence-corrected chi connectivity index (χ1v) is 48.7. The molecule has 15 aromatic heterocycles. The van der Waals surface area contributed by atoms with E-state index in [9.17, 15) is 0 Å². The van der Waals surface area contributed by atoms with Crippen molar-refractivity contribution in [3.63, 3.8) is 0 Å². The Morgan fingerprint density at radius 3 is 1.05 bits per heavy atom. The van der Waals surface area contributed by atoms with Crippen LogP contribution in [-0.2, 0) is 103 Å². The van der Waals surface area contributed by atoms with Gasteiger partial charge in [0.1, 0.15) is 105 Å². The van der Waals surface area contributed by atoms with Crippen LogP contribution in [0.2, 0.25) is 20.1 Å². The molecule has 5 aromatic carbocycles. The molecular formula is C103H82Cl4N32O7S2. The van der Waals surface area contributed by atoms with Crippen LogP contribution in [-0.4, -0.2) is 207 Å². The fourth-order valence-corrected chi connectivity index (χ4v) is 19.2.